The first kappa shape index (κ1) is 31.0. The number of nitrogens with one attached hydrogen (secondary N) is 2. The SMILES string of the molecule is CSCCC(NC(=O)C1CCCN1C(=O)C(CCC(=O)O)NC(=O)C(N)CCCN=C(N)N)C(=O)O. The number of hydrogen-bond acceptors (Lipinski definition) is 8. The second kappa shape index (κ2) is 15.8. The summed E-state index contributed by atoms with van der Waals surface area (Å²) in [6.45, 7) is 0.479. The Labute approximate surface area is 213 Å². The molecule has 3 amide bonds. The third-order valence-corrected chi connectivity index (χ3v) is 6.27. The van der Waals surface area contributed by atoms with E-state index < -0.39 is 60.2 Å². The number of carbonyl (C=O) groups excluding carboxylic acids is 3. The Morgan fingerprint density at radius 2 is 1.78 bits per heavy atom. The quantitative estimate of drug-likeness (QED) is 0.0654. The maximum absolute atomic E-state index is 13.3. The number of amides is 3. The summed E-state index contributed by atoms with van der Waals surface area (Å²) < 4.78 is 0. The molecule has 4 atom stereocenters. The smallest absolute Gasteiger partial charge is 0.326 e. The first-order valence-electron chi connectivity index (χ1n) is 11.6. The molecule has 204 valence electrons. The van der Waals surface area contributed by atoms with Crippen LogP contribution in [0.15, 0.2) is 4.99 Å². The van der Waals surface area contributed by atoms with E-state index in [1.165, 1.54) is 16.7 Å². The lowest BCUT2D eigenvalue weighted by molar-refractivity contribution is -0.145. The molecule has 0 aromatic carbocycles. The number of carboxylic acid groups (broad SMARTS) is 2. The Morgan fingerprint density at radius 3 is 2.36 bits per heavy atom. The van der Waals surface area contributed by atoms with Gasteiger partial charge in [0.1, 0.15) is 18.1 Å². The number of aliphatic imine (C=N–C) groups is 1. The van der Waals surface area contributed by atoms with Gasteiger partial charge in [-0.15, -0.1) is 0 Å². The molecule has 0 spiro atoms. The van der Waals surface area contributed by atoms with E-state index >= 15 is 0 Å². The van der Waals surface area contributed by atoms with E-state index in [4.69, 9.17) is 22.3 Å². The molecule has 0 aromatic rings. The average Bonchev–Trinajstić information content (AvgIpc) is 3.30. The molecule has 1 saturated heterocycles. The zero-order chi connectivity index (χ0) is 27.3. The average molecular weight is 532 g/mol. The van der Waals surface area contributed by atoms with Crippen molar-refractivity contribution in [2.75, 3.05) is 25.1 Å². The summed E-state index contributed by atoms with van der Waals surface area (Å²) in [5.74, 6) is -3.76. The number of rotatable bonds is 16. The van der Waals surface area contributed by atoms with Gasteiger partial charge in [-0.3, -0.25) is 24.2 Å². The largest absolute Gasteiger partial charge is 0.481 e. The summed E-state index contributed by atoms with van der Waals surface area (Å²) in [5.41, 5.74) is 16.4. The van der Waals surface area contributed by atoms with Crippen LogP contribution < -0.4 is 27.8 Å². The van der Waals surface area contributed by atoms with E-state index in [0.717, 1.165) is 0 Å². The van der Waals surface area contributed by atoms with Crippen LogP contribution in [0, 0.1) is 0 Å². The first-order valence-corrected chi connectivity index (χ1v) is 13.0. The van der Waals surface area contributed by atoms with E-state index in [1.807, 2.05) is 6.26 Å². The Hall–Kier alpha value is -3.07. The summed E-state index contributed by atoms with van der Waals surface area (Å²) in [4.78, 5) is 66.4. The van der Waals surface area contributed by atoms with Crippen LogP contribution in [0.5, 0.6) is 0 Å². The molecule has 1 rings (SSSR count). The highest BCUT2D eigenvalue weighted by molar-refractivity contribution is 7.98. The van der Waals surface area contributed by atoms with Crippen molar-refractivity contribution >= 4 is 47.4 Å². The van der Waals surface area contributed by atoms with Crippen LogP contribution in [0.4, 0.5) is 0 Å². The molecular weight excluding hydrogens is 494 g/mol. The third kappa shape index (κ3) is 10.7. The Balaban J connectivity index is 2.89. The van der Waals surface area contributed by atoms with Crippen LogP contribution in [-0.4, -0.2) is 100.0 Å². The van der Waals surface area contributed by atoms with Gasteiger partial charge in [0, 0.05) is 19.5 Å². The fraction of sp³-hybridized carbons (Fsp3) is 0.714. The molecule has 0 aromatic heterocycles. The number of carbonyl (C=O) groups is 5. The van der Waals surface area contributed by atoms with Crippen molar-refractivity contribution in [1.29, 1.82) is 0 Å². The maximum atomic E-state index is 13.3. The zero-order valence-electron chi connectivity index (χ0n) is 20.4. The molecule has 1 fully saturated rings. The van der Waals surface area contributed by atoms with Crippen LogP contribution in [0.3, 0.4) is 0 Å². The minimum Gasteiger partial charge on any atom is -0.481 e. The number of guanidine groups is 1. The topological polar surface area (TPSA) is 244 Å². The standard InChI is InChI=1S/C21H37N7O7S/c1-36-11-8-14(20(34)35)27-18(32)15-5-3-10-28(15)19(33)13(6-7-16(29)30)26-17(31)12(22)4-2-9-25-21(23)24/h12-15H,2-11,22H2,1H3,(H,26,31)(H,27,32)(H,29,30)(H,34,35)(H4,23,24,25). The molecule has 0 bridgehead atoms. The molecule has 4 unspecified atom stereocenters. The Morgan fingerprint density at radius 1 is 1.08 bits per heavy atom. The molecule has 15 heteroatoms. The van der Waals surface area contributed by atoms with Crippen molar-refractivity contribution in [1.82, 2.24) is 15.5 Å². The summed E-state index contributed by atoms with van der Waals surface area (Å²) in [7, 11) is 0. The molecule has 1 aliphatic heterocycles. The summed E-state index contributed by atoms with van der Waals surface area (Å²) in [6.07, 6.45) is 2.90. The fourth-order valence-corrected chi connectivity index (χ4v) is 4.19. The molecule has 1 aliphatic rings. The predicted octanol–water partition coefficient (Wildman–Crippen LogP) is -1.97. The van der Waals surface area contributed by atoms with Gasteiger partial charge in [-0.25, -0.2) is 4.79 Å². The molecule has 0 aliphatic carbocycles. The number of likely N-dealkylation sites (tertiary alicyclic amines) is 1. The number of aliphatic carboxylic acids is 2. The van der Waals surface area contributed by atoms with E-state index in [1.54, 1.807) is 0 Å². The number of nitrogens with zero attached hydrogens (tertiary/aromatic N) is 2. The molecule has 36 heavy (non-hydrogen) atoms. The zero-order valence-corrected chi connectivity index (χ0v) is 21.2. The lowest BCUT2D eigenvalue weighted by Crippen LogP contribution is -2.56. The van der Waals surface area contributed by atoms with Gasteiger partial charge in [0.2, 0.25) is 17.7 Å². The second-order valence-electron chi connectivity index (χ2n) is 8.42. The summed E-state index contributed by atoms with van der Waals surface area (Å²) >= 11 is 1.44. The van der Waals surface area contributed by atoms with Crippen molar-refractivity contribution in [2.45, 2.75) is 69.1 Å². The van der Waals surface area contributed by atoms with E-state index in [0.29, 0.717) is 25.0 Å². The maximum Gasteiger partial charge on any atom is 0.326 e. The van der Waals surface area contributed by atoms with Crippen LogP contribution >= 0.6 is 11.8 Å². The van der Waals surface area contributed by atoms with Gasteiger partial charge in [0.25, 0.3) is 0 Å². The van der Waals surface area contributed by atoms with Crippen molar-refractivity contribution in [3.63, 3.8) is 0 Å². The minimum atomic E-state index is -1.21. The molecule has 0 saturated carbocycles. The van der Waals surface area contributed by atoms with Crippen LogP contribution in [0.2, 0.25) is 0 Å². The van der Waals surface area contributed by atoms with E-state index in [9.17, 15) is 29.1 Å². The van der Waals surface area contributed by atoms with Gasteiger partial charge in [0.15, 0.2) is 5.96 Å². The third-order valence-electron chi connectivity index (χ3n) is 5.63. The fourth-order valence-electron chi connectivity index (χ4n) is 3.72. The normalized spacial score (nSPS) is 17.5. The molecular formula is C21H37N7O7S. The van der Waals surface area contributed by atoms with Crippen molar-refractivity contribution in [3.05, 3.63) is 0 Å². The molecule has 0 radical (unpaired) electrons. The van der Waals surface area contributed by atoms with Gasteiger partial charge >= 0.3 is 11.9 Å². The molecule has 1 heterocycles. The first-order chi connectivity index (χ1) is 17.0. The number of carboxylic acids is 2. The van der Waals surface area contributed by atoms with E-state index in [-0.39, 0.29) is 38.3 Å². The molecule has 14 nitrogen and oxygen atoms in total. The minimum absolute atomic E-state index is 0.0875. The molecule has 10 N–H and O–H groups in total. The van der Waals surface area contributed by atoms with Gasteiger partial charge in [0.05, 0.1) is 6.04 Å². The van der Waals surface area contributed by atoms with Crippen molar-refractivity contribution < 1.29 is 34.2 Å². The van der Waals surface area contributed by atoms with E-state index in [2.05, 4.69) is 15.6 Å². The van der Waals surface area contributed by atoms with Gasteiger partial charge in [-0.05, 0) is 50.5 Å². The van der Waals surface area contributed by atoms with Gasteiger partial charge in [-0.1, -0.05) is 0 Å². The number of hydrogen-bond donors (Lipinski definition) is 7. The summed E-state index contributed by atoms with van der Waals surface area (Å²) in [6, 6.07) is -4.21. The van der Waals surface area contributed by atoms with Gasteiger partial charge in [-0.2, -0.15) is 11.8 Å². The van der Waals surface area contributed by atoms with Crippen LogP contribution in [-0.2, 0) is 24.0 Å². The lowest BCUT2D eigenvalue weighted by Gasteiger charge is -2.30. The highest BCUT2D eigenvalue weighted by atomic mass is 32.2. The Bertz CT molecular complexity index is 822. The Kier molecular flexibility index (Phi) is 13.6. The van der Waals surface area contributed by atoms with Crippen LogP contribution in [0.1, 0.15) is 44.9 Å². The number of nitrogens with two attached hydrogens (primary N) is 3. The second-order valence-corrected chi connectivity index (χ2v) is 9.41. The highest BCUT2D eigenvalue weighted by Crippen LogP contribution is 2.20. The van der Waals surface area contributed by atoms with Gasteiger partial charge < -0.3 is 42.9 Å². The predicted molar refractivity (Wildman–Crippen MR) is 134 cm³/mol. The highest BCUT2D eigenvalue weighted by Gasteiger charge is 2.39. The van der Waals surface area contributed by atoms with Crippen LogP contribution in [0.25, 0.3) is 0 Å². The lowest BCUT2D eigenvalue weighted by atomic mass is 10.1. The van der Waals surface area contributed by atoms with Crippen molar-refractivity contribution in [3.8, 4) is 0 Å². The van der Waals surface area contributed by atoms with Crippen molar-refractivity contribution in [2.24, 2.45) is 22.2 Å². The number of thioether (sulfide) groups is 1. The summed E-state index contributed by atoms with van der Waals surface area (Å²) in [5, 5.41) is 23.5. The monoisotopic (exact) mass is 531 g/mol.